The number of rotatable bonds is 4. The van der Waals surface area contributed by atoms with E-state index in [-0.39, 0.29) is 5.69 Å². The van der Waals surface area contributed by atoms with Gasteiger partial charge in [-0.05, 0) is 12.1 Å². The lowest BCUT2D eigenvalue weighted by molar-refractivity contribution is 0.0886. The lowest BCUT2D eigenvalue weighted by Gasteiger charge is -2.06. The Balaban J connectivity index is 1.77. The minimum atomic E-state index is -2.61. The number of H-pyrrole nitrogens is 1. The summed E-state index contributed by atoms with van der Waals surface area (Å²) in [6.07, 6.45) is 5.43. The second-order valence-electron chi connectivity index (χ2n) is 5.38. The Labute approximate surface area is 139 Å². The molecule has 0 aliphatic rings. The van der Waals surface area contributed by atoms with E-state index in [1.165, 1.54) is 12.5 Å². The predicted octanol–water partition coefficient (Wildman–Crippen LogP) is 2.27. The third-order valence-electron chi connectivity index (χ3n) is 3.82. The van der Waals surface area contributed by atoms with Crippen LogP contribution in [0.15, 0.2) is 43.2 Å². The molecule has 0 radical (unpaired) electrons. The molecular formula is C16H12F2N6O. The molecule has 0 aliphatic carbocycles. The first kappa shape index (κ1) is 15.2. The Bertz CT molecular complexity index is 1070. The van der Waals surface area contributed by atoms with E-state index in [4.69, 9.17) is 0 Å². The van der Waals surface area contributed by atoms with Crippen molar-refractivity contribution in [3.8, 4) is 11.1 Å². The van der Waals surface area contributed by atoms with Gasteiger partial charge in [-0.3, -0.25) is 9.20 Å². The second kappa shape index (κ2) is 5.93. The molecule has 0 saturated carbocycles. The Morgan fingerprint density at radius 3 is 3.00 bits per heavy atom. The van der Waals surface area contributed by atoms with Crippen molar-refractivity contribution in [2.45, 2.75) is 6.43 Å². The molecule has 4 rings (SSSR count). The van der Waals surface area contributed by atoms with Crippen LogP contribution in [0.4, 0.5) is 8.78 Å². The predicted molar refractivity (Wildman–Crippen MR) is 86.4 cm³/mol. The number of hydrogen-bond donors (Lipinski definition) is 2. The summed E-state index contributed by atoms with van der Waals surface area (Å²) in [5.74, 6) is -0.604. The van der Waals surface area contributed by atoms with E-state index in [1.807, 2.05) is 6.07 Å². The van der Waals surface area contributed by atoms with Gasteiger partial charge in [0.1, 0.15) is 23.3 Å². The number of hydrogen-bond acceptors (Lipinski definition) is 4. The van der Waals surface area contributed by atoms with Crippen LogP contribution in [0.3, 0.4) is 0 Å². The van der Waals surface area contributed by atoms with Gasteiger partial charge in [0.05, 0.1) is 12.7 Å². The Hall–Kier alpha value is -3.36. The van der Waals surface area contributed by atoms with Crippen molar-refractivity contribution in [1.82, 2.24) is 29.7 Å². The van der Waals surface area contributed by atoms with Crippen molar-refractivity contribution < 1.29 is 13.6 Å². The van der Waals surface area contributed by atoms with Crippen molar-refractivity contribution in [1.29, 1.82) is 0 Å². The summed E-state index contributed by atoms with van der Waals surface area (Å²) in [5, 5.41) is 3.02. The molecule has 0 aromatic carbocycles. The monoisotopic (exact) mass is 342 g/mol. The molecule has 2 N–H and O–H groups in total. The van der Waals surface area contributed by atoms with Gasteiger partial charge >= 0.3 is 0 Å². The zero-order valence-corrected chi connectivity index (χ0v) is 12.8. The highest BCUT2D eigenvalue weighted by atomic mass is 19.3. The smallest absolute Gasteiger partial charge is 0.270 e. The van der Waals surface area contributed by atoms with Crippen LogP contribution in [0.2, 0.25) is 0 Å². The largest absolute Gasteiger partial charge is 0.345 e. The van der Waals surface area contributed by atoms with Crippen molar-refractivity contribution >= 4 is 22.6 Å². The van der Waals surface area contributed by atoms with Crippen molar-refractivity contribution in [2.24, 2.45) is 0 Å². The van der Waals surface area contributed by atoms with E-state index < -0.39 is 18.9 Å². The molecule has 0 saturated heterocycles. The molecule has 0 bridgehead atoms. The molecule has 4 aromatic rings. The summed E-state index contributed by atoms with van der Waals surface area (Å²) >= 11 is 0. The number of halogens is 2. The van der Waals surface area contributed by atoms with Gasteiger partial charge in [0.2, 0.25) is 0 Å². The fraction of sp³-hybridized carbons (Fsp3) is 0.125. The van der Waals surface area contributed by atoms with Crippen molar-refractivity contribution in [3.05, 3.63) is 48.9 Å². The average Bonchev–Trinajstić information content (AvgIpc) is 3.23. The van der Waals surface area contributed by atoms with Gasteiger partial charge in [-0.25, -0.2) is 23.7 Å². The van der Waals surface area contributed by atoms with Gasteiger partial charge in [0.15, 0.2) is 0 Å². The lowest BCUT2D eigenvalue weighted by Crippen LogP contribution is -2.29. The number of fused-ring (bicyclic) bond motifs is 2. The Kier molecular flexibility index (Phi) is 3.60. The highest BCUT2D eigenvalue weighted by Gasteiger charge is 2.15. The van der Waals surface area contributed by atoms with Crippen molar-refractivity contribution in [3.63, 3.8) is 0 Å². The zero-order chi connectivity index (χ0) is 17.4. The highest BCUT2D eigenvalue weighted by molar-refractivity contribution is 5.95. The number of alkyl halides is 2. The van der Waals surface area contributed by atoms with Crippen LogP contribution in [0, 0.1) is 0 Å². The van der Waals surface area contributed by atoms with Gasteiger partial charge in [0, 0.05) is 35.1 Å². The minimum Gasteiger partial charge on any atom is -0.345 e. The third-order valence-corrected chi connectivity index (χ3v) is 3.82. The standard InChI is InChI=1S/C16H12F2N6O/c17-13(18)6-22-16(25)12-5-20-14-2-1-9(7-24(12)14)10-4-21-15-11(10)3-19-8-23-15/h1-5,7-8,13H,6H2,(H,22,25)(H,19,21,23). The van der Waals surface area contributed by atoms with Gasteiger partial charge in [-0.1, -0.05) is 0 Å². The summed E-state index contributed by atoms with van der Waals surface area (Å²) in [7, 11) is 0. The van der Waals surface area contributed by atoms with Gasteiger partial charge in [-0.2, -0.15) is 0 Å². The molecule has 7 nitrogen and oxygen atoms in total. The Morgan fingerprint density at radius 1 is 1.28 bits per heavy atom. The first-order chi connectivity index (χ1) is 12.1. The van der Waals surface area contributed by atoms with E-state index in [0.717, 1.165) is 16.5 Å². The number of imidazole rings is 1. The fourth-order valence-electron chi connectivity index (χ4n) is 2.67. The topological polar surface area (TPSA) is 88.0 Å². The van der Waals surface area contributed by atoms with Crippen LogP contribution in [0.25, 0.3) is 27.8 Å². The zero-order valence-electron chi connectivity index (χ0n) is 12.8. The van der Waals surface area contributed by atoms with Gasteiger partial charge < -0.3 is 10.3 Å². The molecule has 25 heavy (non-hydrogen) atoms. The van der Waals surface area contributed by atoms with E-state index in [2.05, 4.69) is 25.3 Å². The Morgan fingerprint density at radius 2 is 2.16 bits per heavy atom. The van der Waals surface area contributed by atoms with Gasteiger partial charge in [0.25, 0.3) is 12.3 Å². The highest BCUT2D eigenvalue weighted by Crippen LogP contribution is 2.27. The SMILES string of the molecule is O=C(NCC(F)F)c1cnc2ccc(-c3c[nH]c4ncncc34)cn12. The van der Waals surface area contributed by atoms with E-state index >= 15 is 0 Å². The maximum atomic E-state index is 12.3. The molecule has 0 spiro atoms. The number of carbonyl (C=O) groups is 1. The molecule has 0 aliphatic heterocycles. The summed E-state index contributed by atoms with van der Waals surface area (Å²) in [4.78, 5) is 27.5. The van der Waals surface area contributed by atoms with E-state index in [9.17, 15) is 13.6 Å². The molecule has 4 aromatic heterocycles. The molecule has 0 unspecified atom stereocenters. The molecule has 0 atom stereocenters. The number of pyridine rings is 1. The number of nitrogens with zero attached hydrogens (tertiary/aromatic N) is 4. The van der Waals surface area contributed by atoms with Crippen LogP contribution in [0.1, 0.15) is 10.5 Å². The first-order valence-electron chi connectivity index (χ1n) is 7.44. The van der Waals surface area contributed by atoms with Crippen LogP contribution in [-0.4, -0.2) is 43.2 Å². The number of aromatic nitrogens is 5. The fourth-order valence-corrected chi connectivity index (χ4v) is 2.67. The van der Waals surface area contributed by atoms with E-state index in [0.29, 0.717) is 11.3 Å². The average molecular weight is 342 g/mol. The minimum absolute atomic E-state index is 0.189. The van der Waals surface area contributed by atoms with Crippen LogP contribution in [0.5, 0.6) is 0 Å². The molecule has 4 heterocycles. The lowest BCUT2D eigenvalue weighted by atomic mass is 10.1. The number of amides is 1. The maximum Gasteiger partial charge on any atom is 0.270 e. The van der Waals surface area contributed by atoms with Gasteiger partial charge in [-0.15, -0.1) is 0 Å². The molecule has 9 heteroatoms. The number of nitrogens with one attached hydrogen (secondary N) is 2. The molecule has 1 amide bonds. The molecule has 0 fully saturated rings. The number of carbonyl (C=O) groups excluding carboxylic acids is 1. The summed E-state index contributed by atoms with van der Waals surface area (Å²) in [6, 6.07) is 3.61. The quantitative estimate of drug-likeness (QED) is 0.595. The summed E-state index contributed by atoms with van der Waals surface area (Å²) < 4.78 is 26.2. The second-order valence-corrected chi connectivity index (χ2v) is 5.38. The first-order valence-corrected chi connectivity index (χ1v) is 7.44. The van der Waals surface area contributed by atoms with Crippen LogP contribution < -0.4 is 5.32 Å². The van der Waals surface area contributed by atoms with Crippen molar-refractivity contribution in [2.75, 3.05) is 6.54 Å². The summed E-state index contributed by atoms with van der Waals surface area (Å²) in [5.41, 5.74) is 3.11. The molecular weight excluding hydrogens is 330 g/mol. The van der Waals surface area contributed by atoms with Crippen LogP contribution >= 0.6 is 0 Å². The third kappa shape index (κ3) is 2.69. The summed E-state index contributed by atoms with van der Waals surface area (Å²) in [6.45, 7) is -0.703. The maximum absolute atomic E-state index is 12.3. The van der Waals surface area contributed by atoms with Crippen LogP contribution in [-0.2, 0) is 0 Å². The molecule has 126 valence electrons. The normalized spacial score (nSPS) is 11.5. The number of aromatic amines is 1. The van der Waals surface area contributed by atoms with E-state index in [1.54, 1.807) is 29.1 Å².